The lowest BCUT2D eigenvalue weighted by Crippen LogP contribution is -2.65. The van der Waals surface area contributed by atoms with E-state index in [4.69, 9.17) is 18.9 Å². The molecule has 2 heterocycles. The molecule has 0 unspecified atom stereocenters. The Morgan fingerprint density at radius 3 is 2.16 bits per heavy atom. The lowest BCUT2D eigenvalue weighted by Gasteiger charge is -2.44. The summed E-state index contributed by atoms with van der Waals surface area (Å²) in [6, 6.07) is 7.56. The normalized spacial score (nSPS) is 23.1. The van der Waals surface area contributed by atoms with Crippen LogP contribution in [-0.2, 0) is 38.1 Å². The van der Waals surface area contributed by atoms with Gasteiger partial charge < -0.3 is 24.3 Å². The van der Waals surface area contributed by atoms with Gasteiger partial charge in [-0.3, -0.25) is 19.2 Å². The standard InChI is InChI=1S/C23H28N4O9S/c1-12(28)24-18-20(35-15(4)31)19(34-14(3)30)17(11-33-13(2)29)36-21(18)27-23(32)26(22(25-27)37-5)16-9-7-6-8-10-16/h6-10,17-21H,11H2,1-5H3,(H,24,28)/t17-,18+,19+,20-,21-/m1/s1. The van der Waals surface area contributed by atoms with Crippen molar-refractivity contribution in [1.82, 2.24) is 19.7 Å². The average molecular weight is 537 g/mol. The summed E-state index contributed by atoms with van der Waals surface area (Å²) in [6.07, 6.45) is -3.35. The van der Waals surface area contributed by atoms with Crippen LogP contribution in [0, 0.1) is 0 Å². The third-order valence-corrected chi connectivity index (χ3v) is 5.93. The van der Waals surface area contributed by atoms with Crippen LogP contribution in [0.4, 0.5) is 0 Å². The Morgan fingerprint density at radius 2 is 1.62 bits per heavy atom. The van der Waals surface area contributed by atoms with Gasteiger partial charge in [-0.25, -0.2) is 9.36 Å². The van der Waals surface area contributed by atoms with Gasteiger partial charge in [-0.2, -0.15) is 4.68 Å². The van der Waals surface area contributed by atoms with E-state index in [-0.39, 0.29) is 0 Å². The van der Waals surface area contributed by atoms with Crippen molar-refractivity contribution in [1.29, 1.82) is 0 Å². The summed E-state index contributed by atoms with van der Waals surface area (Å²) in [5, 5.41) is 7.37. The Kier molecular flexibility index (Phi) is 9.10. The molecule has 1 aromatic carbocycles. The number of benzene rings is 1. The Bertz CT molecular complexity index is 1210. The van der Waals surface area contributed by atoms with Crippen LogP contribution >= 0.6 is 11.8 Å². The molecule has 0 radical (unpaired) electrons. The van der Waals surface area contributed by atoms with Crippen molar-refractivity contribution >= 4 is 35.6 Å². The van der Waals surface area contributed by atoms with E-state index < -0.39 is 66.7 Å². The Balaban J connectivity index is 2.18. The van der Waals surface area contributed by atoms with Crippen molar-refractivity contribution in [3.05, 3.63) is 40.8 Å². The molecule has 37 heavy (non-hydrogen) atoms. The summed E-state index contributed by atoms with van der Waals surface area (Å²) >= 11 is 1.20. The maximum Gasteiger partial charge on any atom is 0.353 e. The van der Waals surface area contributed by atoms with Gasteiger partial charge in [-0.15, -0.1) is 5.10 Å². The van der Waals surface area contributed by atoms with Gasteiger partial charge in [0.15, 0.2) is 23.6 Å². The second-order valence-electron chi connectivity index (χ2n) is 8.13. The minimum Gasteiger partial charge on any atom is -0.463 e. The maximum atomic E-state index is 13.6. The minimum atomic E-state index is -1.33. The summed E-state index contributed by atoms with van der Waals surface area (Å²) in [7, 11) is 0. The highest BCUT2D eigenvalue weighted by molar-refractivity contribution is 7.98. The zero-order valence-corrected chi connectivity index (χ0v) is 21.7. The number of ether oxygens (including phenoxy) is 4. The third-order valence-electron chi connectivity index (χ3n) is 5.30. The Labute approximate surface area is 216 Å². The van der Waals surface area contributed by atoms with Crippen molar-refractivity contribution in [2.45, 2.75) is 63.4 Å². The van der Waals surface area contributed by atoms with Crippen LogP contribution in [0.2, 0.25) is 0 Å². The quantitative estimate of drug-likeness (QED) is 0.286. The van der Waals surface area contributed by atoms with Gasteiger partial charge in [0.2, 0.25) is 5.91 Å². The number of hydrogen-bond acceptors (Lipinski definition) is 11. The molecule has 0 bridgehead atoms. The Hall–Kier alpha value is -3.65. The molecule has 1 aromatic heterocycles. The van der Waals surface area contributed by atoms with Gasteiger partial charge in [-0.05, 0) is 18.4 Å². The fourth-order valence-corrected chi connectivity index (χ4v) is 4.51. The first-order valence-electron chi connectivity index (χ1n) is 11.2. The summed E-state index contributed by atoms with van der Waals surface area (Å²) in [5.74, 6) is -2.63. The molecule has 14 heteroatoms. The van der Waals surface area contributed by atoms with Gasteiger partial charge >= 0.3 is 23.6 Å². The first-order valence-corrected chi connectivity index (χ1v) is 12.5. The highest BCUT2D eigenvalue weighted by atomic mass is 32.2. The average Bonchev–Trinajstić information content (AvgIpc) is 3.16. The van der Waals surface area contributed by atoms with Crippen LogP contribution < -0.4 is 11.0 Å². The molecule has 1 aliphatic rings. The van der Waals surface area contributed by atoms with Crippen molar-refractivity contribution in [2.75, 3.05) is 12.9 Å². The monoisotopic (exact) mass is 536 g/mol. The van der Waals surface area contributed by atoms with Crippen LogP contribution in [0.5, 0.6) is 0 Å². The largest absolute Gasteiger partial charge is 0.463 e. The van der Waals surface area contributed by atoms with E-state index in [1.165, 1.54) is 30.2 Å². The minimum absolute atomic E-state index is 0.323. The predicted octanol–water partition coefficient (Wildman–Crippen LogP) is 0.585. The van der Waals surface area contributed by atoms with Gasteiger partial charge in [0.05, 0.1) is 5.69 Å². The van der Waals surface area contributed by atoms with E-state index in [0.717, 1.165) is 18.5 Å². The number of esters is 3. The van der Waals surface area contributed by atoms with E-state index in [1.807, 2.05) is 0 Å². The van der Waals surface area contributed by atoms with E-state index in [1.54, 1.807) is 36.6 Å². The third kappa shape index (κ3) is 6.57. The van der Waals surface area contributed by atoms with Gasteiger partial charge in [0.25, 0.3) is 0 Å². The van der Waals surface area contributed by atoms with Gasteiger partial charge in [-0.1, -0.05) is 30.0 Å². The van der Waals surface area contributed by atoms with Crippen molar-refractivity contribution in [2.24, 2.45) is 0 Å². The molecule has 1 fully saturated rings. The summed E-state index contributed by atoms with van der Waals surface area (Å²) in [6.45, 7) is 4.30. The number of nitrogens with zero attached hydrogens (tertiary/aromatic N) is 3. The van der Waals surface area contributed by atoms with Crippen molar-refractivity contribution in [3.63, 3.8) is 0 Å². The summed E-state index contributed by atoms with van der Waals surface area (Å²) < 4.78 is 24.5. The molecule has 200 valence electrons. The second kappa shape index (κ2) is 12.1. The van der Waals surface area contributed by atoms with Crippen LogP contribution in [0.3, 0.4) is 0 Å². The number of hydrogen-bond donors (Lipinski definition) is 1. The molecule has 1 N–H and O–H groups in total. The molecule has 1 aliphatic heterocycles. The number of carbonyl (C=O) groups is 4. The molecule has 0 saturated carbocycles. The van der Waals surface area contributed by atoms with Crippen molar-refractivity contribution in [3.8, 4) is 5.69 Å². The highest BCUT2D eigenvalue weighted by Crippen LogP contribution is 2.32. The molecule has 1 amide bonds. The van der Waals surface area contributed by atoms with Crippen LogP contribution in [-0.4, -0.2) is 75.4 Å². The molecular formula is C23H28N4O9S. The van der Waals surface area contributed by atoms with E-state index in [0.29, 0.717) is 10.8 Å². The Morgan fingerprint density at radius 1 is 1.00 bits per heavy atom. The van der Waals surface area contributed by atoms with Crippen LogP contribution in [0.25, 0.3) is 5.69 Å². The van der Waals surface area contributed by atoms with E-state index in [2.05, 4.69) is 10.4 Å². The summed E-state index contributed by atoms with van der Waals surface area (Å²) in [4.78, 5) is 61.3. The molecule has 13 nitrogen and oxygen atoms in total. The topological polar surface area (TPSA) is 157 Å². The zero-order chi connectivity index (χ0) is 27.3. The number of carbonyl (C=O) groups excluding carboxylic acids is 4. The number of rotatable bonds is 8. The smallest absolute Gasteiger partial charge is 0.353 e. The van der Waals surface area contributed by atoms with Crippen LogP contribution in [0.1, 0.15) is 33.9 Å². The molecule has 0 aliphatic carbocycles. The first-order chi connectivity index (χ1) is 17.5. The van der Waals surface area contributed by atoms with Crippen LogP contribution in [0.15, 0.2) is 40.3 Å². The maximum absolute atomic E-state index is 13.6. The lowest BCUT2D eigenvalue weighted by molar-refractivity contribution is -0.239. The van der Waals surface area contributed by atoms with Crippen molar-refractivity contribution < 1.29 is 38.1 Å². The number of amides is 1. The van der Waals surface area contributed by atoms with Gasteiger partial charge in [0.1, 0.15) is 18.8 Å². The molecule has 0 spiro atoms. The van der Waals surface area contributed by atoms with E-state index >= 15 is 0 Å². The number of nitrogens with one attached hydrogen (secondary N) is 1. The molecule has 3 rings (SSSR count). The second-order valence-corrected chi connectivity index (χ2v) is 8.90. The fraction of sp³-hybridized carbons (Fsp3) is 0.478. The molecule has 5 atom stereocenters. The lowest BCUT2D eigenvalue weighted by atomic mass is 9.95. The molecule has 1 saturated heterocycles. The van der Waals surface area contributed by atoms with Gasteiger partial charge in [0, 0.05) is 27.7 Å². The number of para-hydroxylation sites is 1. The fourth-order valence-electron chi connectivity index (χ4n) is 3.98. The van der Waals surface area contributed by atoms with E-state index in [9.17, 15) is 24.0 Å². The highest BCUT2D eigenvalue weighted by Gasteiger charge is 2.52. The first kappa shape index (κ1) is 27.9. The molecule has 2 aromatic rings. The SMILES string of the molecule is CSc1nn([C@@H]2O[C@H](COC(C)=O)[C@H](OC(C)=O)[C@H](OC(C)=O)[C@@H]2NC(C)=O)c(=O)n1-c1ccccc1. The zero-order valence-electron chi connectivity index (χ0n) is 20.9. The number of aromatic nitrogens is 3. The number of thioether (sulfide) groups is 1. The summed E-state index contributed by atoms with van der Waals surface area (Å²) in [5.41, 5.74) is -0.0598. The molecular weight excluding hydrogens is 508 g/mol. The predicted molar refractivity (Wildman–Crippen MR) is 129 cm³/mol.